The number of hydrogen-bond donors (Lipinski definition) is 3. The molecular weight excluding hydrogens is 402 g/mol. The van der Waals surface area contributed by atoms with E-state index in [0.717, 1.165) is 16.3 Å². The van der Waals surface area contributed by atoms with Gasteiger partial charge in [-0.15, -0.1) is 11.8 Å². The van der Waals surface area contributed by atoms with Gasteiger partial charge >= 0.3 is 0 Å². The number of para-hydroxylation sites is 1. The lowest BCUT2D eigenvalue weighted by atomic mass is 10.3. The van der Waals surface area contributed by atoms with Crippen molar-refractivity contribution in [1.82, 2.24) is 0 Å². The van der Waals surface area contributed by atoms with Crippen LogP contribution in [0.25, 0.3) is 0 Å². The van der Waals surface area contributed by atoms with E-state index in [9.17, 15) is 4.79 Å². The number of thioether (sulfide) groups is 1. The van der Waals surface area contributed by atoms with E-state index in [2.05, 4.69) is 16.0 Å². The van der Waals surface area contributed by atoms with Crippen molar-refractivity contribution < 1.29 is 9.53 Å². The first-order valence-corrected chi connectivity index (χ1v) is 10.3. The number of carbonyl (C=O) groups excluding carboxylic acids is 1. The molecule has 0 bridgehead atoms. The van der Waals surface area contributed by atoms with Crippen LogP contribution in [0.2, 0.25) is 0 Å². The second kappa shape index (κ2) is 10.5. The molecule has 0 aromatic heterocycles. The van der Waals surface area contributed by atoms with Crippen LogP contribution in [0.1, 0.15) is 0 Å². The Kier molecular flexibility index (Phi) is 7.49. The Morgan fingerprint density at radius 1 is 0.862 bits per heavy atom. The molecule has 7 heteroatoms. The van der Waals surface area contributed by atoms with Crippen molar-refractivity contribution in [3.8, 4) is 5.75 Å². The van der Waals surface area contributed by atoms with E-state index < -0.39 is 0 Å². The Bertz CT molecular complexity index is 963. The van der Waals surface area contributed by atoms with Gasteiger partial charge in [0.25, 0.3) is 0 Å². The van der Waals surface area contributed by atoms with Gasteiger partial charge in [-0.25, -0.2) is 0 Å². The number of ether oxygens (including phenoxy) is 1. The van der Waals surface area contributed by atoms with Crippen molar-refractivity contribution in [2.75, 3.05) is 28.8 Å². The minimum absolute atomic E-state index is 0.0707. The van der Waals surface area contributed by atoms with Crippen molar-refractivity contribution in [1.29, 1.82) is 0 Å². The number of rotatable bonds is 7. The van der Waals surface area contributed by atoms with Crippen molar-refractivity contribution >= 4 is 52.1 Å². The summed E-state index contributed by atoms with van der Waals surface area (Å²) in [6.07, 6.45) is 0. The summed E-state index contributed by atoms with van der Waals surface area (Å²) in [7, 11) is 1.60. The molecule has 1 amide bonds. The Morgan fingerprint density at radius 3 is 2.21 bits per heavy atom. The summed E-state index contributed by atoms with van der Waals surface area (Å²) in [6.45, 7) is 0. The van der Waals surface area contributed by atoms with Gasteiger partial charge in [0.1, 0.15) is 5.75 Å². The van der Waals surface area contributed by atoms with Crippen molar-refractivity contribution in [3.63, 3.8) is 0 Å². The second-order valence-corrected chi connectivity index (χ2v) is 7.50. The zero-order valence-corrected chi connectivity index (χ0v) is 17.5. The van der Waals surface area contributed by atoms with Crippen LogP contribution in [0.5, 0.6) is 5.75 Å². The largest absolute Gasteiger partial charge is 0.497 e. The van der Waals surface area contributed by atoms with Gasteiger partial charge in [0.05, 0.1) is 12.9 Å². The molecule has 0 saturated heterocycles. The number of anilines is 3. The lowest BCUT2D eigenvalue weighted by Crippen LogP contribution is -2.18. The molecular formula is C22H21N3O2S2. The zero-order chi connectivity index (χ0) is 20.5. The fourth-order valence-corrected chi connectivity index (χ4v) is 3.43. The van der Waals surface area contributed by atoms with E-state index >= 15 is 0 Å². The van der Waals surface area contributed by atoms with Crippen LogP contribution < -0.4 is 20.7 Å². The third-order valence-electron chi connectivity index (χ3n) is 3.87. The standard InChI is InChI=1S/C22H21N3O2S2/c1-27-19-9-5-8-18(14-19)23-21(26)15-29-20-12-10-17(11-13-20)25-22(28)24-16-6-3-2-4-7-16/h2-14H,15H2,1H3,(H,23,26)(H2,24,25,28). The van der Waals surface area contributed by atoms with Gasteiger partial charge in [-0.3, -0.25) is 4.79 Å². The minimum Gasteiger partial charge on any atom is -0.497 e. The fourth-order valence-electron chi connectivity index (χ4n) is 2.50. The Hall–Kier alpha value is -3.03. The maximum absolute atomic E-state index is 12.2. The van der Waals surface area contributed by atoms with Crippen LogP contribution in [-0.4, -0.2) is 23.9 Å². The first-order valence-electron chi connectivity index (χ1n) is 8.92. The van der Waals surface area contributed by atoms with E-state index in [1.165, 1.54) is 11.8 Å². The summed E-state index contributed by atoms with van der Waals surface area (Å²) >= 11 is 6.80. The summed E-state index contributed by atoms with van der Waals surface area (Å²) in [5, 5.41) is 9.67. The summed E-state index contributed by atoms with van der Waals surface area (Å²) in [5.74, 6) is 0.953. The van der Waals surface area contributed by atoms with Crippen molar-refractivity contribution in [2.24, 2.45) is 0 Å². The number of benzene rings is 3. The summed E-state index contributed by atoms with van der Waals surface area (Å²) < 4.78 is 5.16. The molecule has 0 aliphatic carbocycles. The molecule has 0 aliphatic rings. The highest BCUT2D eigenvalue weighted by Gasteiger charge is 2.05. The number of amides is 1. The van der Waals surface area contributed by atoms with Gasteiger partial charge in [-0.05, 0) is 60.7 Å². The molecule has 29 heavy (non-hydrogen) atoms. The second-order valence-electron chi connectivity index (χ2n) is 6.04. The van der Waals surface area contributed by atoms with Crippen LogP contribution in [0, 0.1) is 0 Å². The molecule has 0 saturated carbocycles. The van der Waals surface area contributed by atoms with E-state index in [4.69, 9.17) is 17.0 Å². The summed E-state index contributed by atoms with van der Waals surface area (Å²) in [4.78, 5) is 13.2. The molecule has 3 rings (SSSR count). The van der Waals surface area contributed by atoms with Crippen LogP contribution in [0.4, 0.5) is 17.1 Å². The van der Waals surface area contributed by atoms with Gasteiger partial charge in [-0.2, -0.15) is 0 Å². The molecule has 148 valence electrons. The molecule has 5 nitrogen and oxygen atoms in total. The van der Waals surface area contributed by atoms with Crippen molar-refractivity contribution in [3.05, 3.63) is 78.9 Å². The number of carbonyl (C=O) groups is 1. The van der Waals surface area contributed by atoms with E-state index in [0.29, 0.717) is 22.3 Å². The first-order chi connectivity index (χ1) is 14.1. The molecule has 3 aromatic carbocycles. The number of hydrogen-bond acceptors (Lipinski definition) is 4. The van der Waals surface area contributed by atoms with Crippen LogP contribution >= 0.6 is 24.0 Å². The Morgan fingerprint density at radius 2 is 1.52 bits per heavy atom. The molecule has 0 fully saturated rings. The van der Waals surface area contributed by atoms with Crippen molar-refractivity contribution in [2.45, 2.75) is 4.90 Å². The molecule has 3 N–H and O–H groups in total. The summed E-state index contributed by atoms with van der Waals surface area (Å²) in [6, 6.07) is 24.8. The fraction of sp³-hybridized carbons (Fsp3) is 0.0909. The highest BCUT2D eigenvalue weighted by molar-refractivity contribution is 8.00. The third-order valence-corrected chi connectivity index (χ3v) is 5.08. The maximum atomic E-state index is 12.2. The molecule has 0 unspecified atom stereocenters. The van der Waals surface area contributed by atoms with Gasteiger partial charge in [0.2, 0.25) is 5.91 Å². The minimum atomic E-state index is -0.0707. The number of thiocarbonyl (C=S) groups is 1. The highest BCUT2D eigenvalue weighted by atomic mass is 32.2. The van der Waals surface area contributed by atoms with Gasteiger partial charge in [0.15, 0.2) is 5.11 Å². The van der Waals surface area contributed by atoms with E-state index in [-0.39, 0.29) is 5.91 Å². The van der Waals surface area contributed by atoms with Crippen LogP contribution in [0.15, 0.2) is 83.8 Å². The number of nitrogens with one attached hydrogen (secondary N) is 3. The monoisotopic (exact) mass is 423 g/mol. The third kappa shape index (κ3) is 6.81. The summed E-state index contributed by atoms with van der Waals surface area (Å²) in [5.41, 5.74) is 2.52. The van der Waals surface area contributed by atoms with Gasteiger partial charge in [0, 0.05) is 28.0 Å². The van der Waals surface area contributed by atoms with Crippen LogP contribution in [-0.2, 0) is 4.79 Å². The Labute approximate surface area is 179 Å². The lowest BCUT2D eigenvalue weighted by molar-refractivity contribution is -0.113. The molecule has 3 aromatic rings. The predicted molar refractivity (Wildman–Crippen MR) is 125 cm³/mol. The smallest absolute Gasteiger partial charge is 0.234 e. The van der Waals surface area contributed by atoms with Gasteiger partial charge in [-0.1, -0.05) is 24.3 Å². The average Bonchev–Trinajstić information content (AvgIpc) is 2.74. The Balaban J connectivity index is 1.46. The molecule has 0 heterocycles. The molecule has 0 radical (unpaired) electrons. The van der Waals surface area contributed by atoms with E-state index in [1.54, 1.807) is 13.2 Å². The topological polar surface area (TPSA) is 62.4 Å². The molecule has 0 spiro atoms. The zero-order valence-electron chi connectivity index (χ0n) is 15.8. The average molecular weight is 424 g/mol. The quantitative estimate of drug-likeness (QED) is 0.357. The van der Waals surface area contributed by atoms with E-state index in [1.807, 2.05) is 72.8 Å². The number of methoxy groups -OCH3 is 1. The maximum Gasteiger partial charge on any atom is 0.234 e. The first kappa shape index (κ1) is 20.7. The molecule has 0 atom stereocenters. The molecule has 0 aliphatic heterocycles. The predicted octanol–water partition coefficient (Wildman–Crippen LogP) is 5.23. The normalized spacial score (nSPS) is 10.1. The highest BCUT2D eigenvalue weighted by Crippen LogP contribution is 2.22. The van der Waals surface area contributed by atoms with Crippen LogP contribution in [0.3, 0.4) is 0 Å². The SMILES string of the molecule is COc1cccc(NC(=O)CSc2ccc(NC(=S)Nc3ccccc3)cc2)c1. The lowest BCUT2D eigenvalue weighted by Gasteiger charge is -2.11. The van der Waals surface area contributed by atoms with Gasteiger partial charge < -0.3 is 20.7 Å².